The van der Waals surface area contributed by atoms with Crippen molar-refractivity contribution in [1.29, 1.82) is 0 Å². The second kappa shape index (κ2) is 8.03. The van der Waals surface area contributed by atoms with Gasteiger partial charge in [0.15, 0.2) is 0 Å². The van der Waals surface area contributed by atoms with E-state index in [0.717, 1.165) is 18.2 Å². The van der Waals surface area contributed by atoms with Crippen LogP contribution in [0.3, 0.4) is 0 Å². The Balaban J connectivity index is 1.99. The van der Waals surface area contributed by atoms with Crippen LogP contribution in [0, 0.1) is 0 Å². The molecule has 0 radical (unpaired) electrons. The van der Waals surface area contributed by atoms with E-state index in [1.165, 1.54) is 7.05 Å². The molecule has 0 bridgehead atoms. The van der Waals surface area contributed by atoms with E-state index in [0.29, 0.717) is 6.54 Å². The van der Waals surface area contributed by atoms with Crippen LogP contribution in [-0.2, 0) is 20.5 Å². The highest BCUT2D eigenvalue weighted by atomic mass is 35.5. The maximum Gasteiger partial charge on any atom is 0.416 e. The number of nitrogens with one attached hydrogen (secondary N) is 2. The highest BCUT2D eigenvalue weighted by molar-refractivity contribution is 6.33. The number of amides is 2. The minimum atomic E-state index is -4.53. The lowest BCUT2D eigenvalue weighted by molar-refractivity contribution is -0.139. The summed E-state index contributed by atoms with van der Waals surface area (Å²) in [6, 6.07) is 2.71. The average molecular weight is 380 g/mol. The van der Waals surface area contributed by atoms with Gasteiger partial charge in [0.1, 0.15) is 6.10 Å². The van der Waals surface area contributed by atoms with E-state index in [2.05, 4.69) is 10.6 Å². The molecule has 0 aliphatic carbocycles. The highest BCUT2D eigenvalue weighted by Gasteiger charge is 2.31. The molecule has 2 amide bonds. The lowest BCUT2D eigenvalue weighted by Crippen LogP contribution is -2.50. The van der Waals surface area contributed by atoms with Gasteiger partial charge in [-0.1, -0.05) is 11.6 Å². The highest BCUT2D eigenvalue weighted by Crippen LogP contribution is 2.33. The number of rotatable bonds is 4. The molecule has 1 unspecified atom stereocenters. The molecule has 2 rings (SSSR count). The Bertz CT molecular complexity index is 655. The fourth-order valence-electron chi connectivity index (χ4n) is 2.36. The zero-order valence-corrected chi connectivity index (χ0v) is 14.1. The van der Waals surface area contributed by atoms with Crippen LogP contribution in [-0.4, -0.2) is 56.1 Å². The van der Waals surface area contributed by atoms with Crippen molar-refractivity contribution >= 4 is 29.1 Å². The van der Waals surface area contributed by atoms with Crippen LogP contribution in [0.25, 0.3) is 0 Å². The summed E-state index contributed by atoms with van der Waals surface area (Å²) in [4.78, 5) is 25.4. The number of benzene rings is 1. The van der Waals surface area contributed by atoms with Crippen LogP contribution in [0.5, 0.6) is 0 Å². The maximum absolute atomic E-state index is 12.7. The van der Waals surface area contributed by atoms with Crippen LogP contribution in [0.15, 0.2) is 18.2 Å². The molecule has 0 aromatic heterocycles. The lowest BCUT2D eigenvalue weighted by atomic mass is 10.2. The van der Waals surface area contributed by atoms with E-state index < -0.39 is 23.8 Å². The number of carbonyl (C=O) groups excluding carboxylic acids is 2. The molecule has 2 N–H and O–H groups in total. The monoisotopic (exact) mass is 379 g/mol. The summed E-state index contributed by atoms with van der Waals surface area (Å²) in [5.41, 5.74) is -1.02. The van der Waals surface area contributed by atoms with Gasteiger partial charge in [0.25, 0.3) is 0 Å². The Morgan fingerprint density at radius 2 is 2.12 bits per heavy atom. The number of halogens is 4. The van der Waals surface area contributed by atoms with Crippen molar-refractivity contribution < 1.29 is 27.5 Å². The van der Waals surface area contributed by atoms with Crippen LogP contribution >= 0.6 is 11.6 Å². The first-order valence-corrected chi connectivity index (χ1v) is 7.80. The van der Waals surface area contributed by atoms with Gasteiger partial charge in [-0.25, -0.2) is 0 Å². The molecule has 1 aromatic carbocycles. The molecule has 1 aliphatic heterocycles. The number of likely N-dealkylation sites (N-methyl/N-ethyl adjacent to an activating group) is 1. The molecule has 6 nitrogen and oxygen atoms in total. The molecule has 1 aliphatic rings. The number of alkyl halides is 3. The van der Waals surface area contributed by atoms with Gasteiger partial charge in [-0.15, -0.1) is 0 Å². The fourth-order valence-corrected chi connectivity index (χ4v) is 2.52. The Labute approximate surface area is 147 Å². The number of hydrogen-bond acceptors (Lipinski definition) is 4. The van der Waals surface area contributed by atoms with Gasteiger partial charge in [-0.05, 0) is 18.2 Å². The largest absolute Gasteiger partial charge is 0.416 e. The Kier molecular flexibility index (Phi) is 6.26. The maximum atomic E-state index is 12.7. The Hall–Kier alpha value is -1.84. The topological polar surface area (TPSA) is 70.7 Å². The van der Waals surface area contributed by atoms with Gasteiger partial charge in [0, 0.05) is 20.1 Å². The summed E-state index contributed by atoms with van der Waals surface area (Å²) >= 11 is 5.85. The quantitative estimate of drug-likeness (QED) is 0.836. The summed E-state index contributed by atoms with van der Waals surface area (Å²) in [5.74, 6) is -0.829. The summed E-state index contributed by atoms with van der Waals surface area (Å²) in [6.07, 6.45) is -5.22. The van der Waals surface area contributed by atoms with Crippen molar-refractivity contribution in [3.8, 4) is 0 Å². The number of nitrogens with zero attached hydrogens (tertiary/aromatic N) is 1. The first kappa shape index (κ1) is 19.5. The van der Waals surface area contributed by atoms with Crippen molar-refractivity contribution in [3.05, 3.63) is 28.8 Å². The molecule has 0 spiro atoms. The molecule has 0 saturated carbocycles. The van der Waals surface area contributed by atoms with Gasteiger partial charge in [-0.3, -0.25) is 14.5 Å². The second-order valence-corrected chi connectivity index (χ2v) is 5.86. The lowest BCUT2D eigenvalue weighted by Gasteiger charge is -2.31. The Morgan fingerprint density at radius 1 is 1.40 bits per heavy atom. The van der Waals surface area contributed by atoms with Crippen LogP contribution in [0.1, 0.15) is 5.56 Å². The predicted molar refractivity (Wildman–Crippen MR) is 85.3 cm³/mol. The van der Waals surface area contributed by atoms with Gasteiger partial charge >= 0.3 is 6.18 Å². The van der Waals surface area contributed by atoms with Crippen molar-refractivity contribution in [2.75, 3.05) is 38.6 Å². The van der Waals surface area contributed by atoms with E-state index in [9.17, 15) is 22.8 Å². The molecular formula is C15H17ClF3N3O3. The van der Waals surface area contributed by atoms with Gasteiger partial charge in [0.05, 0.1) is 29.4 Å². The van der Waals surface area contributed by atoms with Gasteiger partial charge in [0.2, 0.25) is 11.8 Å². The SMILES string of the molecule is CNC(=O)C1CN(CC(=O)Nc2cc(C(F)(F)F)ccc2Cl)CCO1. The van der Waals surface area contributed by atoms with Gasteiger partial charge < -0.3 is 15.4 Å². The minimum Gasteiger partial charge on any atom is -0.366 e. The molecule has 1 saturated heterocycles. The zero-order chi connectivity index (χ0) is 18.6. The summed E-state index contributed by atoms with van der Waals surface area (Å²) in [6.45, 7) is 0.819. The molecule has 10 heteroatoms. The van der Waals surface area contributed by atoms with Crippen molar-refractivity contribution in [2.45, 2.75) is 12.3 Å². The number of carbonyl (C=O) groups is 2. The number of morpholine rings is 1. The van der Waals surface area contributed by atoms with Crippen LogP contribution < -0.4 is 10.6 Å². The molecule has 1 heterocycles. The van der Waals surface area contributed by atoms with E-state index in [-0.39, 0.29) is 36.3 Å². The minimum absolute atomic E-state index is 0.00608. The summed E-state index contributed by atoms with van der Waals surface area (Å²) in [7, 11) is 1.48. The van der Waals surface area contributed by atoms with E-state index in [1.54, 1.807) is 4.90 Å². The van der Waals surface area contributed by atoms with Crippen LogP contribution in [0.2, 0.25) is 5.02 Å². The zero-order valence-electron chi connectivity index (χ0n) is 13.3. The molecule has 1 aromatic rings. The molecular weight excluding hydrogens is 363 g/mol. The third-order valence-corrected chi connectivity index (χ3v) is 3.95. The van der Waals surface area contributed by atoms with Crippen molar-refractivity contribution in [2.24, 2.45) is 0 Å². The molecule has 1 fully saturated rings. The van der Waals surface area contributed by atoms with Crippen LogP contribution in [0.4, 0.5) is 18.9 Å². The molecule has 1 atom stereocenters. The van der Waals surface area contributed by atoms with Gasteiger partial charge in [-0.2, -0.15) is 13.2 Å². The first-order chi connectivity index (χ1) is 11.7. The summed E-state index contributed by atoms with van der Waals surface area (Å²) < 4.78 is 43.5. The standard InChI is InChI=1S/C15H17ClF3N3O3/c1-20-14(24)12-7-22(4-5-25-12)8-13(23)21-11-6-9(15(17,18)19)2-3-10(11)16/h2-3,6,12H,4-5,7-8H2,1H3,(H,20,24)(H,21,23). The fraction of sp³-hybridized carbons (Fsp3) is 0.467. The average Bonchev–Trinajstić information content (AvgIpc) is 2.55. The number of hydrogen-bond donors (Lipinski definition) is 2. The summed E-state index contributed by atoms with van der Waals surface area (Å²) in [5, 5.41) is 4.84. The number of ether oxygens (including phenoxy) is 1. The first-order valence-electron chi connectivity index (χ1n) is 7.43. The normalized spacial score (nSPS) is 18.7. The van der Waals surface area contributed by atoms with E-state index in [4.69, 9.17) is 16.3 Å². The van der Waals surface area contributed by atoms with Crippen molar-refractivity contribution in [3.63, 3.8) is 0 Å². The van der Waals surface area contributed by atoms with E-state index >= 15 is 0 Å². The third kappa shape index (κ3) is 5.32. The van der Waals surface area contributed by atoms with Crippen molar-refractivity contribution in [1.82, 2.24) is 10.2 Å². The molecule has 138 valence electrons. The third-order valence-electron chi connectivity index (χ3n) is 3.62. The Morgan fingerprint density at radius 3 is 2.76 bits per heavy atom. The second-order valence-electron chi connectivity index (χ2n) is 5.45. The van der Waals surface area contributed by atoms with E-state index in [1.807, 2.05) is 0 Å². The smallest absolute Gasteiger partial charge is 0.366 e. The number of anilines is 1. The molecule has 25 heavy (non-hydrogen) atoms. The predicted octanol–water partition coefficient (Wildman–Crippen LogP) is 1.74.